The lowest BCUT2D eigenvalue weighted by Gasteiger charge is -2.24. The molecule has 0 saturated carbocycles. The number of hydrogen-bond donors (Lipinski definition) is 1. The van der Waals surface area contributed by atoms with Crippen LogP contribution in [0.15, 0.2) is 12.1 Å². The lowest BCUT2D eigenvalue weighted by molar-refractivity contribution is 0.253. The molecule has 1 rings (SSSR count). The normalized spacial score (nSPS) is 13.2. The van der Waals surface area contributed by atoms with Gasteiger partial charge in [-0.1, -0.05) is 11.6 Å². The van der Waals surface area contributed by atoms with E-state index >= 15 is 0 Å². The number of halogens is 1. The predicted octanol–water partition coefficient (Wildman–Crippen LogP) is 3.56. The van der Waals surface area contributed by atoms with E-state index in [-0.39, 0.29) is 0 Å². The van der Waals surface area contributed by atoms with Crippen molar-refractivity contribution >= 4 is 34.7 Å². The van der Waals surface area contributed by atoms with Gasteiger partial charge in [-0.15, -0.1) is 11.3 Å². The maximum atomic E-state index is 5.89. The van der Waals surface area contributed by atoms with E-state index in [0.29, 0.717) is 6.04 Å². The molecule has 1 N–H and O–H groups in total. The molecule has 0 aliphatic rings. The summed E-state index contributed by atoms with van der Waals surface area (Å²) >= 11 is 9.47. The summed E-state index contributed by atoms with van der Waals surface area (Å²) in [6.45, 7) is 5.34. The molecule has 104 valence electrons. The average Bonchev–Trinajstić information content (AvgIpc) is 2.77. The van der Waals surface area contributed by atoms with Gasteiger partial charge in [0.1, 0.15) is 0 Å². The lowest BCUT2D eigenvalue weighted by atomic mass is 10.2. The van der Waals surface area contributed by atoms with Gasteiger partial charge in [-0.05, 0) is 44.5 Å². The van der Waals surface area contributed by atoms with Crippen LogP contribution in [0.4, 0.5) is 0 Å². The Morgan fingerprint density at radius 2 is 2.28 bits per heavy atom. The fourth-order valence-electron chi connectivity index (χ4n) is 1.64. The third kappa shape index (κ3) is 6.43. The highest BCUT2D eigenvalue weighted by Crippen LogP contribution is 2.20. The van der Waals surface area contributed by atoms with Crippen molar-refractivity contribution in [1.29, 1.82) is 0 Å². The Labute approximate surface area is 124 Å². The molecule has 5 heteroatoms. The molecule has 0 bridgehead atoms. The summed E-state index contributed by atoms with van der Waals surface area (Å²) in [5, 5.41) is 3.46. The van der Waals surface area contributed by atoms with Gasteiger partial charge < -0.3 is 10.2 Å². The summed E-state index contributed by atoms with van der Waals surface area (Å²) < 4.78 is 0.870. The van der Waals surface area contributed by atoms with Crippen molar-refractivity contribution in [3.63, 3.8) is 0 Å². The van der Waals surface area contributed by atoms with Gasteiger partial charge >= 0.3 is 0 Å². The van der Waals surface area contributed by atoms with Crippen LogP contribution in [0.2, 0.25) is 4.34 Å². The van der Waals surface area contributed by atoms with Crippen LogP contribution in [-0.4, -0.2) is 43.1 Å². The molecular weight excluding hydrogens is 284 g/mol. The number of hydrogen-bond acceptors (Lipinski definition) is 4. The number of likely N-dealkylation sites (N-methyl/N-ethyl adjacent to an activating group) is 1. The minimum atomic E-state index is 0.662. The summed E-state index contributed by atoms with van der Waals surface area (Å²) in [5.74, 6) is 1.24. The van der Waals surface area contributed by atoms with Crippen molar-refractivity contribution in [2.24, 2.45) is 0 Å². The fraction of sp³-hybridized carbons (Fsp3) is 0.692. The minimum Gasteiger partial charge on any atom is -0.311 e. The molecule has 1 heterocycles. The molecule has 0 aliphatic carbocycles. The standard InChI is InChI=1S/C13H23ClN2S2/c1-11(6-9-17-3)16(2)8-7-15-10-12-4-5-13(14)18-12/h4-5,11,15H,6-10H2,1-3H3. The molecule has 0 amide bonds. The van der Waals surface area contributed by atoms with E-state index in [4.69, 9.17) is 11.6 Å². The zero-order valence-corrected chi connectivity index (χ0v) is 13.8. The molecule has 0 fully saturated rings. The first-order chi connectivity index (χ1) is 8.63. The monoisotopic (exact) mass is 306 g/mol. The molecule has 0 radical (unpaired) electrons. The van der Waals surface area contributed by atoms with E-state index in [0.717, 1.165) is 24.0 Å². The molecule has 0 saturated heterocycles. The van der Waals surface area contributed by atoms with Gasteiger partial charge in [0.25, 0.3) is 0 Å². The molecule has 1 aromatic heterocycles. The van der Waals surface area contributed by atoms with Gasteiger partial charge in [0.2, 0.25) is 0 Å². The van der Waals surface area contributed by atoms with Crippen molar-refractivity contribution in [1.82, 2.24) is 10.2 Å². The predicted molar refractivity (Wildman–Crippen MR) is 86.1 cm³/mol. The van der Waals surface area contributed by atoms with Gasteiger partial charge in [-0.3, -0.25) is 0 Å². The smallest absolute Gasteiger partial charge is 0.0931 e. The van der Waals surface area contributed by atoms with Gasteiger partial charge in [0, 0.05) is 30.6 Å². The quantitative estimate of drug-likeness (QED) is 0.702. The van der Waals surface area contributed by atoms with Crippen LogP contribution >= 0.6 is 34.7 Å². The van der Waals surface area contributed by atoms with Gasteiger partial charge in [0.05, 0.1) is 4.34 Å². The molecule has 0 aromatic carbocycles. The SMILES string of the molecule is CSCCC(C)N(C)CCNCc1ccc(Cl)s1. The largest absolute Gasteiger partial charge is 0.311 e. The van der Waals surface area contributed by atoms with E-state index in [1.165, 1.54) is 17.1 Å². The van der Waals surface area contributed by atoms with Crippen molar-refractivity contribution < 1.29 is 0 Å². The topological polar surface area (TPSA) is 15.3 Å². The summed E-state index contributed by atoms with van der Waals surface area (Å²) in [6, 6.07) is 4.71. The summed E-state index contributed by atoms with van der Waals surface area (Å²) in [6.07, 6.45) is 3.43. The summed E-state index contributed by atoms with van der Waals surface area (Å²) in [5.41, 5.74) is 0. The van der Waals surface area contributed by atoms with Crippen molar-refractivity contribution in [2.75, 3.05) is 32.1 Å². The van der Waals surface area contributed by atoms with Crippen LogP contribution in [0.3, 0.4) is 0 Å². The first-order valence-corrected chi connectivity index (χ1v) is 8.86. The Morgan fingerprint density at radius 1 is 1.50 bits per heavy atom. The van der Waals surface area contributed by atoms with Crippen LogP contribution < -0.4 is 5.32 Å². The van der Waals surface area contributed by atoms with E-state index < -0.39 is 0 Å². The second-order valence-electron chi connectivity index (χ2n) is 4.49. The van der Waals surface area contributed by atoms with Crippen LogP contribution in [0.1, 0.15) is 18.2 Å². The Kier molecular flexibility index (Phi) is 8.35. The first-order valence-electron chi connectivity index (χ1n) is 6.27. The Hall–Kier alpha value is 0.260. The molecule has 2 nitrogen and oxygen atoms in total. The molecular formula is C13H23ClN2S2. The average molecular weight is 307 g/mol. The number of nitrogens with zero attached hydrogens (tertiary/aromatic N) is 1. The van der Waals surface area contributed by atoms with Crippen LogP contribution in [0, 0.1) is 0 Å². The minimum absolute atomic E-state index is 0.662. The third-order valence-electron chi connectivity index (χ3n) is 3.06. The van der Waals surface area contributed by atoms with Gasteiger partial charge in [0.15, 0.2) is 0 Å². The highest BCUT2D eigenvalue weighted by molar-refractivity contribution is 7.98. The van der Waals surface area contributed by atoms with E-state index in [2.05, 4.69) is 36.5 Å². The molecule has 1 atom stereocenters. The van der Waals surface area contributed by atoms with E-state index in [1.54, 1.807) is 11.3 Å². The number of thioether (sulfide) groups is 1. The van der Waals surface area contributed by atoms with Crippen LogP contribution in [-0.2, 0) is 6.54 Å². The Bertz CT molecular complexity index is 331. The lowest BCUT2D eigenvalue weighted by Crippen LogP contribution is -2.35. The Balaban J connectivity index is 2.09. The number of thiophene rings is 1. The van der Waals surface area contributed by atoms with E-state index in [9.17, 15) is 0 Å². The van der Waals surface area contributed by atoms with Crippen molar-refractivity contribution in [3.8, 4) is 0 Å². The van der Waals surface area contributed by atoms with Gasteiger partial charge in [-0.25, -0.2) is 0 Å². The maximum absolute atomic E-state index is 5.89. The molecule has 18 heavy (non-hydrogen) atoms. The van der Waals surface area contributed by atoms with Crippen molar-refractivity contribution in [3.05, 3.63) is 21.3 Å². The molecule has 1 aromatic rings. The molecule has 0 aliphatic heterocycles. The maximum Gasteiger partial charge on any atom is 0.0931 e. The fourth-order valence-corrected chi connectivity index (χ4v) is 3.28. The highest BCUT2D eigenvalue weighted by Gasteiger charge is 2.07. The Morgan fingerprint density at radius 3 is 2.89 bits per heavy atom. The van der Waals surface area contributed by atoms with E-state index in [1.807, 2.05) is 17.8 Å². The molecule has 1 unspecified atom stereocenters. The second kappa shape index (κ2) is 9.21. The molecule has 0 spiro atoms. The van der Waals surface area contributed by atoms with Crippen LogP contribution in [0.25, 0.3) is 0 Å². The first kappa shape index (κ1) is 16.3. The highest BCUT2D eigenvalue weighted by atomic mass is 35.5. The zero-order chi connectivity index (χ0) is 13.4. The third-order valence-corrected chi connectivity index (χ3v) is 4.94. The number of rotatable bonds is 9. The van der Waals surface area contributed by atoms with Crippen LogP contribution in [0.5, 0.6) is 0 Å². The summed E-state index contributed by atoms with van der Waals surface area (Å²) in [4.78, 5) is 3.73. The van der Waals surface area contributed by atoms with Crippen molar-refractivity contribution in [2.45, 2.75) is 25.9 Å². The number of nitrogens with one attached hydrogen (secondary N) is 1. The summed E-state index contributed by atoms with van der Waals surface area (Å²) in [7, 11) is 2.20. The zero-order valence-electron chi connectivity index (χ0n) is 11.4. The van der Waals surface area contributed by atoms with Gasteiger partial charge in [-0.2, -0.15) is 11.8 Å². The second-order valence-corrected chi connectivity index (χ2v) is 7.28.